The van der Waals surface area contributed by atoms with E-state index in [1.54, 1.807) is 13.8 Å². The van der Waals surface area contributed by atoms with Gasteiger partial charge in [0.25, 0.3) is 0 Å². The third-order valence-corrected chi connectivity index (χ3v) is 5.16. The van der Waals surface area contributed by atoms with Crippen LogP contribution in [0.5, 0.6) is 0 Å². The van der Waals surface area contributed by atoms with Crippen molar-refractivity contribution in [1.82, 2.24) is 16.0 Å². The number of carboxylic acid groups (broad SMARTS) is 1. The molecule has 0 aromatic carbocycles. The molecule has 12 N–H and O–H groups in total. The highest BCUT2D eigenvalue weighted by Crippen LogP contribution is 2.08. The van der Waals surface area contributed by atoms with Crippen LogP contribution in [0.4, 0.5) is 0 Å². The topological polar surface area (TPSA) is 263 Å². The monoisotopic (exact) mass is 501 g/mol. The summed E-state index contributed by atoms with van der Waals surface area (Å²) in [5, 5.41) is 16.7. The van der Waals surface area contributed by atoms with Crippen molar-refractivity contribution >= 4 is 35.5 Å². The standard InChI is InChI=1S/C21H39N7O7/c1-11(2)17(21(34)35)28-20(33)13(5-3-4-10-22)27-19(32)14(7-9-16(25)30)26-18(31)12(23)6-8-15(24)29/h11-14,17H,3-10,22-23H2,1-2H3,(H2,24,29)(H2,25,30)(H,26,31)(H,27,32)(H,28,33)(H,34,35). The number of hydrogen-bond donors (Lipinski definition) is 8. The molecular weight excluding hydrogens is 462 g/mol. The minimum absolute atomic E-state index is 0.0543. The second-order valence-electron chi connectivity index (χ2n) is 8.59. The molecule has 200 valence electrons. The maximum atomic E-state index is 13.0. The molecule has 0 rings (SSSR count). The summed E-state index contributed by atoms with van der Waals surface area (Å²) in [6.07, 6.45) is 0.572. The highest BCUT2D eigenvalue weighted by atomic mass is 16.4. The summed E-state index contributed by atoms with van der Waals surface area (Å²) in [7, 11) is 0. The molecular formula is C21H39N7O7. The number of nitrogens with one attached hydrogen (secondary N) is 3. The van der Waals surface area contributed by atoms with Crippen molar-refractivity contribution in [2.75, 3.05) is 6.54 Å². The summed E-state index contributed by atoms with van der Waals surface area (Å²) in [5.74, 6) is -5.26. The van der Waals surface area contributed by atoms with Gasteiger partial charge < -0.3 is 44.0 Å². The minimum atomic E-state index is -1.26. The van der Waals surface area contributed by atoms with Crippen LogP contribution in [0.1, 0.15) is 58.8 Å². The molecule has 0 aliphatic heterocycles. The van der Waals surface area contributed by atoms with E-state index in [4.69, 9.17) is 22.9 Å². The van der Waals surface area contributed by atoms with Gasteiger partial charge in [0.2, 0.25) is 29.5 Å². The zero-order valence-electron chi connectivity index (χ0n) is 20.2. The molecule has 0 aromatic heterocycles. The molecule has 35 heavy (non-hydrogen) atoms. The number of carboxylic acids is 1. The number of carbonyl (C=O) groups is 6. The molecule has 0 radical (unpaired) electrons. The first-order valence-electron chi connectivity index (χ1n) is 11.5. The Morgan fingerprint density at radius 1 is 0.743 bits per heavy atom. The van der Waals surface area contributed by atoms with Crippen molar-refractivity contribution in [2.45, 2.75) is 83.0 Å². The molecule has 0 heterocycles. The van der Waals surface area contributed by atoms with Crippen LogP contribution < -0.4 is 38.9 Å². The lowest BCUT2D eigenvalue weighted by molar-refractivity contribution is -0.143. The third-order valence-electron chi connectivity index (χ3n) is 5.16. The third kappa shape index (κ3) is 13.3. The fraction of sp³-hybridized carbons (Fsp3) is 0.714. The predicted octanol–water partition coefficient (Wildman–Crippen LogP) is -2.83. The highest BCUT2D eigenvalue weighted by molar-refractivity contribution is 5.94. The van der Waals surface area contributed by atoms with Gasteiger partial charge >= 0.3 is 5.97 Å². The number of nitrogens with two attached hydrogens (primary N) is 4. The number of carbonyl (C=O) groups excluding carboxylic acids is 5. The molecule has 0 saturated heterocycles. The average molecular weight is 502 g/mol. The lowest BCUT2D eigenvalue weighted by atomic mass is 10.0. The van der Waals surface area contributed by atoms with Crippen LogP contribution in [0.15, 0.2) is 0 Å². The Morgan fingerprint density at radius 3 is 1.71 bits per heavy atom. The molecule has 0 aromatic rings. The lowest BCUT2D eigenvalue weighted by Crippen LogP contribution is -2.57. The van der Waals surface area contributed by atoms with E-state index in [0.717, 1.165) is 0 Å². The molecule has 0 fully saturated rings. The molecule has 0 saturated carbocycles. The lowest BCUT2D eigenvalue weighted by Gasteiger charge is -2.26. The molecule has 0 bridgehead atoms. The Balaban J connectivity index is 5.55. The van der Waals surface area contributed by atoms with E-state index in [1.807, 2.05) is 0 Å². The second-order valence-corrected chi connectivity index (χ2v) is 8.59. The Hall–Kier alpha value is -3.26. The van der Waals surface area contributed by atoms with Gasteiger partial charge in [-0.3, -0.25) is 24.0 Å². The summed E-state index contributed by atoms with van der Waals surface area (Å²) < 4.78 is 0. The van der Waals surface area contributed by atoms with Gasteiger partial charge in [-0.2, -0.15) is 0 Å². The van der Waals surface area contributed by atoms with E-state index in [-0.39, 0.29) is 32.1 Å². The molecule has 5 amide bonds. The van der Waals surface area contributed by atoms with Gasteiger partial charge in [-0.05, 0) is 44.6 Å². The molecule has 0 spiro atoms. The predicted molar refractivity (Wildman–Crippen MR) is 126 cm³/mol. The Kier molecular flexibility index (Phi) is 14.9. The van der Waals surface area contributed by atoms with Crippen molar-refractivity contribution in [3.05, 3.63) is 0 Å². The zero-order chi connectivity index (χ0) is 27.1. The van der Waals surface area contributed by atoms with E-state index in [0.29, 0.717) is 19.4 Å². The Labute approximate surface area is 204 Å². The van der Waals surface area contributed by atoms with Crippen molar-refractivity contribution in [1.29, 1.82) is 0 Å². The number of amides is 5. The molecule has 4 unspecified atom stereocenters. The van der Waals surface area contributed by atoms with E-state index < -0.39 is 65.6 Å². The summed E-state index contributed by atoms with van der Waals surface area (Å²) in [6, 6.07) is -4.70. The summed E-state index contributed by atoms with van der Waals surface area (Å²) in [6.45, 7) is 3.60. The summed E-state index contributed by atoms with van der Waals surface area (Å²) in [5.41, 5.74) is 21.4. The fourth-order valence-corrected chi connectivity index (χ4v) is 3.06. The van der Waals surface area contributed by atoms with Crippen molar-refractivity contribution in [2.24, 2.45) is 28.9 Å². The van der Waals surface area contributed by atoms with Crippen LogP contribution in [-0.2, 0) is 28.8 Å². The maximum absolute atomic E-state index is 13.0. The number of hydrogen-bond acceptors (Lipinski definition) is 8. The van der Waals surface area contributed by atoms with Gasteiger partial charge in [0, 0.05) is 12.8 Å². The first-order chi connectivity index (χ1) is 16.3. The van der Waals surface area contributed by atoms with Crippen molar-refractivity contribution in [3.8, 4) is 0 Å². The van der Waals surface area contributed by atoms with Gasteiger partial charge in [0.1, 0.15) is 18.1 Å². The van der Waals surface area contributed by atoms with Gasteiger partial charge in [-0.25, -0.2) is 4.79 Å². The van der Waals surface area contributed by atoms with Crippen molar-refractivity contribution in [3.63, 3.8) is 0 Å². The summed E-state index contributed by atoms with van der Waals surface area (Å²) in [4.78, 5) is 71.8. The van der Waals surface area contributed by atoms with Crippen LogP contribution in [0.25, 0.3) is 0 Å². The fourth-order valence-electron chi connectivity index (χ4n) is 3.06. The maximum Gasteiger partial charge on any atom is 0.326 e. The van der Waals surface area contributed by atoms with Crippen LogP contribution in [0.2, 0.25) is 0 Å². The molecule has 0 aliphatic rings. The van der Waals surface area contributed by atoms with E-state index in [9.17, 15) is 33.9 Å². The smallest absolute Gasteiger partial charge is 0.326 e. The Morgan fingerprint density at radius 2 is 1.23 bits per heavy atom. The van der Waals surface area contributed by atoms with Crippen LogP contribution in [0.3, 0.4) is 0 Å². The first-order valence-corrected chi connectivity index (χ1v) is 11.5. The first kappa shape index (κ1) is 31.7. The number of primary amides is 2. The van der Waals surface area contributed by atoms with Gasteiger partial charge in [0.05, 0.1) is 6.04 Å². The highest BCUT2D eigenvalue weighted by Gasteiger charge is 2.31. The normalized spacial score (nSPS) is 14.3. The molecule has 14 heteroatoms. The number of rotatable bonds is 18. The minimum Gasteiger partial charge on any atom is -0.480 e. The quantitative estimate of drug-likeness (QED) is 0.0898. The summed E-state index contributed by atoms with van der Waals surface area (Å²) >= 11 is 0. The van der Waals surface area contributed by atoms with Crippen LogP contribution >= 0.6 is 0 Å². The Bertz CT molecular complexity index is 760. The van der Waals surface area contributed by atoms with Gasteiger partial charge in [-0.15, -0.1) is 0 Å². The zero-order valence-corrected chi connectivity index (χ0v) is 20.2. The van der Waals surface area contributed by atoms with E-state index >= 15 is 0 Å². The SMILES string of the molecule is CC(C)C(NC(=O)C(CCCCN)NC(=O)C(CCC(N)=O)NC(=O)C(N)CCC(N)=O)C(=O)O. The van der Waals surface area contributed by atoms with E-state index in [2.05, 4.69) is 16.0 Å². The van der Waals surface area contributed by atoms with Gasteiger partial charge in [0.15, 0.2) is 0 Å². The second kappa shape index (κ2) is 16.4. The number of unbranched alkanes of at least 4 members (excludes halogenated alkanes) is 1. The molecule has 14 nitrogen and oxygen atoms in total. The average Bonchev–Trinajstić information content (AvgIpc) is 2.76. The van der Waals surface area contributed by atoms with Crippen LogP contribution in [0, 0.1) is 5.92 Å². The van der Waals surface area contributed by atoms with Crippen LogP contribution in [-0.4, -0.2) is 71.3 Å². The number of aliphatic carboxylic acids is 1. The molecule has 4 atom stereocenters. The van der Waals surface area contributed by atoms with Gasteiger partial charge in [-0.1, -0.05) is 13.8 Å². The van der Waals surface area contributed by atoms with Crippen molar-refractivity contribution < 1.29 is 33.9 Å². The molecule has 0 aliphatic carbocycles. The van der Waals surface area contributed by atoms with E-state index in [1.165, 1.54) is 0 Å². The largest absolute Gasteiger partial charge is 0.480 e.